The Morgan fingerprint density at radius 1 is 1.07 bits per heavy atom. The van der Waals surface area contributed by atoms with E-state index in [0.717, 1.165) is 5.56 Å². The summed E-state index contributed by atoms with van der Waals surface area (Å²) < 4.78 is 25.9. The lowest BCUT2D eigenvalue weighted by Crippen LogP contribution is -2.44. The van der Waals surface area contributed by atoms with Crippen molar-refractivity contribution in [3.63, 3.8) is 0 Å². The number of non-ortho nitro benzene ring substituents is 1. The Hall–Kier alpha value is -2.29. The number of aliphatic hydroxyl groups excluding tert-OH is 1. The highest BCUT2D eigenvalue weighted by Gasteiger charge is 2.30. The van der Waals surface area contributed by atoms with E-state index < -0.39 is 26.2 Å². The van der Waals surface area contributed by atoms with Crippen LogP contribution >= 0.6 is 0 Å². The third-order valence-electron chi connectivity index (χ3n) is 4.48. The first kappa shape index (κ1) is 22.0. The number of nitro groups is 1. The lowest BCUT2D eigenvalue weighted by Gasteiger charge is -2.24. The molecule has 0 heterocycles. The quantitative estimate of drug-likeness (QED) is 0.464. The van der Waals surface area contributed by atoms with Gasteiger partial charge in [0.05, 0.1) is 15.9 Å². The average Bonchev–Trinajstić information content (AvgIpc) is 2.67. The van der Waals surface area contributed by atoms with Crippen LogP contribution in [0.1, 0.15) is 25.8 Å². The van der Waals surface area contributed by atoms with Crippen LogP contribution in [0.2, 0.25) is 0 Å². The fourth-order valence-electron chi connectivity index (χ4n) is 2.94. The van der Waals surface area contributed by atoms with Crippen LogP contribution in [0.5, 0.6) is 0 Å². The van der Waals surface area contributed by atoms with Crippen LogP contribution in [-0.2, 0) is 16.3 Å². The van der Waals surface area contributed by atoms with E-state index >= 15 is 0 Å². The second-order valence-corrected chi connectivity index (χ2v) is 9.12. The number of hydrogen-bond acceptors (Lipinski definition) is 6. The molecular weight excluding hydrogens is 380 g/mol. The van der Waals surface area contributed by atoms with Crippen LogP contribution in [0, 0.1) is 16.0 Å². The first-order chi connectivity index (χ1) is 13.2. The zero-order valence-corrected chi connectivity index (χ0v) is 16.8. The van der Waals surface area contributed by atoms with Gasteiger partial charge in [0.25, 0.3) is 5.69 Å². The second kappa shape index (κ2) is 9.77. The molecule has 0 fully saturated rings. The second-order valence-electron chi connectivity index (χ2n) is 7.05. The van der Waals surface area contributed by atoms with Gasteiger partial charge in [-0.3, -0.25) is 15.4 Å². The maximum atomic E-state index is 12.9. The Balaban J connectivity index is 2.02. The summed E-state index contributed by atoms with van der Waals surface area (Å²) in [6, 6.07) is 14.6. The highest BCUT2D eigenvalue weighted by atomic mass is 32.2. The predicted molar refractivity (Wildman–Crippen MR) is 108 cm³/mol. The Morgan fingerprint density at radius 3 is 2.21 bits per heavy atom. The molecule has 2 rings (SSSR count). The summed E-state index contributed by atoms with van der Waals surface area (Å²) in [6.07, 6.45) is 0.526. The summed E-state index contributed by atoms with van der Waals surface area (Å²) in [7, 11) is -3.75. The van der Waals surface area contributed by atoms with E-state index in [0.29, 0.717) is 12.8 Å². The molecule has 0 bridgehead atoms. The van der Waals surface area contributed by atoms with Crippen LogP contribution in [0.15, 0.2) is 59.5 Å². The molecule has 28 heavy (non-hydrogen) atoms. The van der Waals surface area contributed by atoms with Crippen molar-refractivity contribution in [3.8, 4) is 0 Å². The summed E-state index contributed by atoms with van der Waals surface area (Å²) in [5.74, 6) is -0.249. The molecule has 0 radical (unpaired) electrons. The van der Waals surface area contributed by atoms with Gasteiger partial charge in [0, 0.05) is 18.7 Å². The van der Waals surface area contributed by atoms with Crippen molar-refractivity contribution < 1.29 is 18.4 Å². The van der Waals surface area contributed by atoms with E-state index in [1.807, 2.05) is 30.3 Å². The number of nitrogens with zero attached hydrogens (tertiary/aromatic N) is 1. The van der Waals surface area contributed by atoms with Crippen LogP contribution in [-0.4, -0.2) is 36.5 Å². The number of rotatable bonds is 10. The number of nitrogens with one attached hydrogen (secondary N) is 1. The maximum absolute atomic E-state index is 12.9. The van der Waals surface area contributed by atoms with E-state index in [1.165, 1.54) is 24.3 Å². The van der Waals surface area contributed by atoms with E-state index in [2.05, 4.69) is 5.32 Å². The number of sulfone groups is 1. The van der Waals surface area contributed by atoms with Gasteiger partial charge < -0.3 is 5.11 Å². The first-order valence-electron chi connectivity index (χ1n) is 9.15. The Morgan fingerprint density at radius 2 is 1.68 bits per heavy atom. The molecule has 2 N–H and O–H groups in total. The average molecular weight is 407 g/mol. The summed E-state index contributed by atoms with van der Waals surface area (Å²) >= 11 is 0. The van der Waals surface area contributed by atoms with Crippen LogP contribution in [0.4, 0.5) is 5.69 Å². The zero-order chi connectivity index (χ0) is 20.7. The smallest absolute Gasteiger partial charge is 0.269 e. The molecular formula is C20H26N2O5S. The van der Waals surface area contributed by atoms with Gasteiger partial charge in [-0.2, -0.15) is 0 Å². The number of hydrogen-bond donors (Lipinski definition) is 2. The minimum absolute atomic E-state index is 0.0167. The molecule has 152 valence electrons. The SMILES string of the molecule is CC(C)[C@@H](NC[C@H](O)CCc1ccccc1)S(=O)(=O)c1ccc([N+](=O)[O-])cc1. The maximum Gasteiger partial charge on any atom is 0.269 e. The lowest BCUT2D eigenvalue weighted by molar-refractivity contribution is -0.384. The van der Waals surface area contributed by atoms with Crippen LogP contribution in [0.3, 0.4) is 0 Å². The molecule has 0 saturated carbocycles. The summed E-state index contributed by atoms with van der Waals surface area (Å²) in [4.78, 5) is 10.2. The molecule has 0 amide bonds. The number of benzene rings is 2. The predicted octanol–water partition coefficient (Wildman–Crippen LogP) is 2.93. The topological polar surface area (TPSA) is 110 Å². The van der Waals surface area contributed by atoms with Crippen molar-refractivity contribution in [2.24, 2.45) is 5.92 Å². The van der Waals surface area contributed by atoms with Gasteiger partial charge in [-0.1, -0.05) is 44.2 Å². The summed E-state index contributed by atoms with van der Waals surface area (Å²) in [5.41, 5.74) is 0.949. The molecule has 2 atom stereocenters. The van der Waals surface area contributed by atoms with E-state index in [-0.39, 0.29) is 23.0 Å². The van der Waals surface area contributed by atoms with Gasteiger partial charge in [0.1, 0.15) is 5.37 Å². The van der Waals surface area contributed by atoms with Crippen LogP contribution in [0.25, 0.3) is 0 Å². The van der Waals surface area contributed by atoms with Gasteiger partial charge >= 0.3 is 0 Å². The Kier molecular flexibility index (Phi) is 7.68. The van der Waals surface area contributed by atoms with Crippen molar-refractivity contribution in [3.05, 3.63) is 70.3 Å². The van der Waals surface area contributed by atoms with Gasteiger partial charge in [0.2, 0.25) is 0 Å². The molecule has 0 saturated heterocycles. The molecule has 0 unspecified atom stereocenters. The molecule has 8 heteroatoms. The number of aliphatic hydroxyl groups is 1. The first-order valence-corrected chi connectivity index (χ1v) is 10.7. The largest absolute Gasteiger partial charge is 0.392 e. The zero-order valence-electron chi connectivity index (χ0n) is 16.0. The van der Waals surface area contributed by atoms with Gasteiger partial charge in [-0.15, -0.1) is 0 Å². The van der Waals surface area contributed by atoms with E-state index in [1.54, 1.807) is 13.8 Å². The number of nitro benzene ring substituents is 1. The number of aryl methyl sites for hydroxylation is 1. The van der Waals surface area contributed by atoms with Crippen molar-refractivity contribution in [2.45, 2.75) is 43.1 Å². The third kappa shape index (κ3) is 5.85. The fraction of sp³-hybridized carbons (Fsp3) is 0.400. The van der Waals surface area contributed by atoms with Gasteiger partial charge in [-0.25, -0.2) is 8.42 Å². The Bertz CT molecular complexity index is 867. The molecule has 2 aromatic rings. The monoisotopic (exact) mass is 406 g/mol. The Labute approximate surface area is 165 Å². The highest BCUT2D eigenvalue weighted by Crippen LogP contribution is 2.22. The van der Waals surface area contributed by atoms with Crippen LogP contribution < -0.4 is 5.32 Å². The summed E-state index contributed by atoms with van der Waals surface area (Å²) in [6.45, 7) is 3.69. The van der Waals surface area contributed by atoms with Crippen molar-refractivity contribution in [1.82, 2.24) is 5.32 Å². The van der Waals surface area contributed by atoms with Crippen molar-refractivity contribution in [1.29, 1.82) is 0 Å². The minimum Gasteiger partial charge on any atom is -0.392 e. The van der Waals surface area contributed by atoms with Gasteiger partial charge in [-0.05, 0) is 36.5 Å². The van der Waals surface area contributed by atoms with E-state index in [9.17, 15) is 23.6 Å². The summed E-state index contributed by atoms with van der Waals surface area (Å²) in [5, 5.41) is 23.1. The molecule has 7 nitrogen and oxygen atoms in total. The van der Waals surface area contributed by atoms with E-state index in [4.69, 9.17) is 0 Å². The molecule has 0 aromatic heterocycles. The van der Waals surface area contributed by atoms with Crippen molar-refractivity contribution in [2.75, 3.05) is 6.54 Å². The normalized spacial score (nSPS) is 14.0. The fourth-order valence-corrected chi connectivity index (χ4v) is 4.78. The van der Waals surface area contributed by atoms with Crippen molar-refractivity contribution >= 4 is 15.5 Å². The highest BCUT2D eigenvalue weighted by molar-refractivity contribution is 7.92. The molecule has 2 aromatic carbocycles. The van der Waals surface area contributed by atoms with Gasteiger partial charge in [0.15, 0.2) is 9.84 Å². The lowest BCUT2D eigenvalue weighted by atomic mass is 10.1. The standard InChI is InChI=1S/C20H26N2O5S/c1-15(2)20(21-14-18(23)11-8-16-6-4-3-5-7-16)28(26,27)19-12-9-17(10-13-19)22(24)25/h3-7,9-10,12-13,15,18,20-21,23H,8,11,14H2,1-2H3/t18-,20+/m1/s1. The molecule has 0 aliphatic heterocycles. The third-order valence-corrected chi connectivity index (χ3v) is 6.79. The molecule has 0 aliphatic rings. The minimum atomic E-state index is -3.75. The molecule has 0 spiro atoms. The molecule has 0 aliphatic carbocycles.